The number of allylic oxidation sites excluding steroid dienone is 1. The number of hydrogen-bond donors (Lipinski definition) is 3. The van der Waals surface area contributed by atoms with Gasteiger partial charge < -0.3 is 29.8 Å². The number of pyridine rings is 1. The highest BCUT2D eigenvalue weighted by Crippen LogP contribution is 2.27. The van der Waals surface area contributed by atoms with Crippen molar-refractivity contribution in [2.75, 3.05) is 26.5 Å². The second kappa shape index (κ2) is 13.8. The number of carbonyl (C=O) groups excluding carboxylic acids is 3. The number of likely N-dealkylation sites (N-methyl/N-ethyl adjacent to an activating group) is 1. The third-order valence-corrected chi connectivity index (χ3v) is 6.24. The lowest BCUT2D eigenvalue weighted by Crippen LogP contribution is -2.44. The molecule has 2 heterocycles. The molecule has 0 bridgehead atoms. The first-order valence-corrected chi connectivity index (χ1v) is 12.9. The van der Waals surface area contributed by atoms with Crippen molar-refractivity contribution in [1.82, 2.24) is 19.8 Å². The van der Waals surface area contributed by atoms with Crippen molar-refractivity contribution in [3.05, 3.63) is 76.1 Å². The Labute approximate surface area is 238 Å². The Hall–Kier alpha value is -4.62. The zero-order valence-corrected chi connectivity index (χ0v) is 23.2. The summed E-state index contributed by atoms with van der Waals surface area (Å²) in [6.45, 7) is -0.0495. The molecule has 1 aromatic carbocycles. The number of alkyl carbamates (subject to hydrolysis) is 1. The highest BCUT2D eigenvalue weighted by Gasteiger charge is 2.27. The van der Waals surface area contributed by atoms with Gasteiger partial charge in [0.1, 0.15) is 17.5 Å². The second-order valence-corrected chi connectivity index (χ2v) is 9.68. The fraction of sp³-hybridized carbons (Fsp3) is 0.357. The molecule has 0 aliphatic carbocycles. The number of alkyl halides is 3. The third kappa shape index (κ3) is 8.94. The van der Waals surface area contributed by atoms with Crippen LogP contribution >= 0.6 is 0 Å². The summed E-state index contributed by atoms with van der Waals surface area (Å²) in [5.74, 6) is -1.63. The van der Waals surface area contributed by atoms with Gasteiger partial charge in [-0.25, -0.2) is 9.18 Å². The van der Waals surface area contributed by atoms with E-state index in [1.54, 1.807) is 20.2 Å². The predicted molar refractivity (Wildman–Crippen MR) is 147 cm³/mol. The Bertz CT molecular complexity index is 1530. The van der Waals surface area contributed by atoms with E-state index in [4.69, 9.17) is 0 Å². The molecule has 3 amide bonds. The van der Waals surface area contributed by atoms with Gasteiger partial charge in [0.15, 0.2) is 0 Å². The molecule has 0 fully saturated rings. The largest absolute Gasteiger partial charge is 0.453 e. The highest BCUT2D eigenvalue weighted by molar-refractivity contribution is 5.96. The van der Waals surface area contributed by atoms with E-state index in [1.165, 1.54) is 46.0 Å². The number of hydrogen-bond acceptors (Lipinski definition) is 5. The number of carbonyl (C=O) groups is 3. The van der Waals surface area contributed by atoms with Crippen LogP contribution in [0.25, 0.3) is 10.9 Å². The SMILES string of the molecule is COC(=O)NC(CCC=CC(=O)N(C)C)C(=O)Nc1cccn(Cc2cc3cc(F)cc(CCC(F)(F)F)c3[nH]2)c1=O. The zero-order chi connectivity index (χ0) is 31.0. The number of nitrogens with one attached hydrogen (secondary N) is 3. The highest BCUT2D eigenvalue weighted by atomic mass is 19.4. The van der Waals surface area contributed by atoms with Crippen LogP contribution in [0.1, 0.15) is 30.5 Å². The molecule has 10 nitrogen and oxygen atoms in total. The molecule has 226 valence electrons. The van der Waals surface area contributed by atoms with E-state index in [0.717, 1.165) is 13.2 Å². The van der Waals surface area contributed by atoms with Crippen molar-refractivity contribution in [2.24, 2.45) is 0 Å². The van der Waals surface area contributed by atoms with E-state index >= 15 is 0 Å². The molecule has 0 saturated carbocycles. The number of rotatable bonds is 11. The van der Waals surface area contributed by atoms with Crippen molar-refractivity contribution in [1.29, 1.82) is 0 Å². The number of methoxy groups -OCH3 is 1. The van der Waals surface area contributed by atoms with Crippen molar-refractivity contribution < 1.29 is 36.7 Å². The van der Waals surface area contributed by atoms with Crippen LogP contribution < -0.4 is 16.2 Å². The Morgan fingerprint density at radius 3 is 2.60 bits per heavy atom. The number of aromatic nitrogens is 2. The maximum Gasteiger partial charge on any atom is 0.407 e. The fourth-order valence-corrected chi connectivity index (χ4v) is 4.12. The molecule has 0 radical (unpaired) electrons. The average Bonchev–Trinajstić information content (AvgIpc) is 3.32. The lowest BCUT2D eigenvalue weighted by molar-refractivity contribution is -0.134. The Balaban J connectivity index is 1.78. The summed E-state index contributed by atoms with van der Waals surface area (Å²) in [5.41, 5.74) is 0.240. The van der Waals surface area contributed by atoms with E-state index in [1.807, 2.05) is 0 Å². The molecule has 14 heteroatoms. The van der Waals surface area contributed by atoms with Crippen LogP contribution in [0.5, 0.6) is 0 Å². The zero-order valence-electron chi connectivity index (χ0n) is 23.2. The molecule has 0 saturated heterocycles. The lowest BCUT2D eigenvalue weighted by Gasteiger charge is -2.17. The topological polar surface area (TPSA) is 126 Å². The maximum absolute atomic E-state index is 14.1. The van der Waals surface area contributed by atoms with Crippen LogP contribution in [0.4, 0.5) is 28.0 Å². The second-order valence-electron chi connectivity index (χ2n) is 9.68. The van der Waals surface area contributed by atoms with Gasteiger partial charge in [0, 0.05) is 43.3 Å². The number of amides is 3. The van der Waals surface area contributed by atoms with Crippen LogP contribution in [0.3, 0.4) is 0 Å². The number of halogens is 4. The molecule has 0 aliphatic rings. The number of anilines is 1. The van der Waals surface area contributed by atoms with E-state index in [-0.39, 0.29) is 36.5 Å². The average molecular weight is 594 g/mol. The normalized spacial score (nSPS) is 12.4. The minimum Gasteiger partial charge on any atom is -0.453 e. The van der Waals surface area contributed by atoms with Crippen molar-refractivity contribution in [2.45, 2.75) is 44.4 Å². The Kier molecular flexibility index (Phi) is 10.5. The smallest absolute Gasteiger partial charge is 0.407 e. The molecule has 0 aliphatic heterocycles. The Morgan fingerprint density at radius 1 is 1.19 bits per heavy atom. The first kappa shape index (κ1) is 31.9. The quantitative estimate of drug-likeness (QED) is 0.228. The van der Waals surface area contributed by atoms with Crippen LogP contribution in [0.15, 0.2) is 53.5 Å². The molecular weight excluding hydrogens is 562 g/mol. The molecule has 1 unspecified atom stereocenters. The number of aromatic amines is 1. The van der Waals surface area contributed by atoms with E-state index in [9.17, 15) is 36.7 Å². The van der Waals surface area contributed by atoms with E-state index in [2.05, 4.69) is 20.4 Å². The minimum atomic E-state index is -4.40. The van der Waals surface area contributed by atoms with Gasteiger partial charge in [0.05, 0.1) is 13.7 Å². The van der Waals surface area contributed by atoms with Crippen molar-refractivity contribution in [3.8, 4) is 0 Å². The van der Waals surface area contributed by atoms with Crippen LogP contribution in [0.2, 0.25) is 0 Å². The van der Waals surface area contributed by atoms with Crippen LogP contribution in [0, 0.1) is 5.82 Å². The first-order chi connectivity index (χ1) is 19.8. The summed E-state index contributed by atoms with van der Waals surface area (Å²) in [5, 5.41) is 5.26. The summed E-state index contributed by atoms with van der Waals surface area (Å²) in [4.78, 5) is 54.0. The predicted octanol–water partition coefficient (Wildman–Crippen LogP) is 4.10. The number of H-pyrrole nitrogens is 1. The summed E-state index contributed by atoms with van der Waals surface area (Å²) in [6.07, 6.45) is -2.10. The molecule has 1 atom stereocenters. The summed E-state index contributed by atoms with van der Waals surface area (Å²) in [6, 6.07) is 5.56. The number of fused-ring (bicyclic) bond motifs is 1. The number of benzene rings is 1. The molecule has 2 aromatic heterocycles. The molecule has 0 spiro atoms. The molecular formula is C28H31F4N5O5. The van der Waals surface area contributed by atoms with Gasteiger partial charge in [0.25, 0.3) is 5.56 Å². The van der Waals surface area contributed by atoms with Gasteiger partial charge in [-0.2, -0.15) is 13.2 Å². The van der Waals surface area contributed by atoms with Gasteiger partial charge in [-0.15, -0.1) is 0 Å². The monoisotopic (exact) mass is 593 g/mol. The van der Waals surface area contributed by atoms with Gasteiger partial charge in [-0.1, -0.05) is 6.08 Å². The standard InChI is InChI=1S/C28H31F4N5O5/c1-36(2)23(38)9-5-4-7-21(35-27(41)42-3)25(39)34-22-8-6-12-37(26(22)40)16-20-15-18-14-19(29)13-17(24(18)33-20)10-11-28(30,31)32/h5-6,8-9,12-15,21,33H,4,7,10-11,16H2,1-3H3,(H,34,39)(H,35,41). The van der Waals surface area contributed by atoms with Crippen LogP contribution in [-0.4, -0.2) is 65.8 Å². The van der Waals surface area contributed by atoms with E-state index in [0.29, 0.717) is 16.6 Å². The number of nitrogens with zero attached hydrogens (tertiary/aromatic N) is 2. The lowest BCUT2D eigenvalue weighted by atomic mass is 10.1. The molecule has 3 aromatic rings. The third-order valence-electron chi connectivity index (χ3n) is 6.24. The minimum absolute atomic E-state index is 0.0495. The van der Waals surface area contributed by atoms with Crippen molar-refractivity contribution >= 4 is 34.5 Å². The molecule has 3 rings (SSSR count). The van der Waals surface area contributed by atoms with Gasteiger partial charge in [-0.05, 0) is 61.2 Å². The Morgan fingerprint density at radius 2 is 1.93 bits per heavy atom. The maximum atomic E-state index is 14.1. The summed E-state index contributed by atoms with van der Waals surface area (Å²) in [7, 11) is 4.30. The molecule has 3 N–H and O–H groups in total. The van der Waals surface area contributed by atoms with Crippen LogP contribution in [-0.2, 0) is 27.3 Å². The van der Waals surface area contributed by atoms with Gasteiger partial charge >= 0.3 is 12.3 Å². The van der Waals surface area contributed by atoms with Crippen molar-refractivity contribution in [3.63, 3.8) is 0 Å². The van der Waals surface area contributed by atoms with Gasteiger partial charge in [-0.3, -0.25) is 14.4 Å². The number of aryl methyl sites for hydroxylation is 1. The first-order valence-electron chi connectivity index (χ1n) is 12.9. The summed E-state index contributed by atoms with van der Waals surface area (Å²) >= 11 is 0. The fourth-order valence-electron chi connectivity index (χ4n) is 4.12. The van der Waals surface area contributed by atoms with E-state index < -0.39 is 48.4 Å². The molecule has 42 heavy (non-hydrogen) atoms. The number of ether oxygens (including phenoxy) is 1. The van der Waals surface area contributed by atoms with Gasteiger partial charge in [0.2, 0.25) is 11.8 Å². The summed E-state index contributed by atoms with van der Waals surface area (Å²) < 4.78 is 58.2.